The van der Waals surface area contributed by atoms with Gasteiger partial charge in [-0.2, -0.15) is 11.8 Å². The van der Waals surface area contributed by atoms with Gasteiger partial charge in [0, 0.05) is 23.4 Å². The number of rotatable bonds is 8. The van der Waals surface area contributed by atoms with Gasteiger partial charge in [-0.1, -0.05) is 20.8 Å². The Hall–Kier alpha value is 0.600. The molecule has 1 unspecified atom stereocenters. The van der Waals surface area contributed by atoms with Crippen LogP contribution in [0.4, 0.5) is 0 Å². The lowest BCUT2D eigenvalue weighted by Gasteiger charge is -2.18. The van der Waals surface area contributed by atoms with E-state index in [0.29, 0.717) is 5.25 Å². The Balaban J connectivity index is 3.32. The van der Waals surface area contributed by atoms with Gasteiger partial charge in [-0.05, 0) is 19.5 Å². The minimum Gasteiger partial charge on any atom is -0.303 e. The molecule has 0 aliphatic rings. The molecule has 0 amide bonds. The van der Waals surface area contributed by atoms with Gasteiger partial charge in [-0.25, -0.2) is 0 Å². The first-order chi connectivity index (χ1) is 6.24. The van der Waals surface area contributed by atoms with Crippen LogP contribution in [0.3, 0.4) is 0 Å². The molecular formula is C10H22ClNS. The van der Waals surface area contributed by atoms with E-state index in [1.165, 1.54) is 25.4 Å². The minimum atomic E-state index is 0.716. The van der Waals surface area contributed by atoms with E-state index >= 15 is 0 Å². The Kier molecular flexibility index (Phi) is 9.59. The molecule has 1 nitrogen and oxygen atoms in total. The van der Waals surface area contributed by atoms with Gasteiger partial charge < -0.3 is 4.90 Å². The van der Waals surface area contributed by atoms with Crippen LogP contribution in [-0.2, 0) is 0 Å². The molecule has 0 spiro atoms. The zero-order chi connectivity index (χ0) is 10.1. The third kappa shape index (κ3) is 7.65. The third-order valence-corrected chi connectivity index (χ3v) is 3.66. The highest BCUT2D eigenvalue weighted by Crippen LogP contribution is 2.14. The van der Waals surface area contributed by atoms with Crippen LogP contribution in [-0.4, -0.2) is 41.4 Å². The van der Waals surface area contributed by atoms with E-state index in [-0.39, 0.29) is 0 Å². The van der Waals surface area contributed by atoms with Gasteiger partial charge in [0.05, 0.1) is 0 Å². The summed E-state index contributed by atoms with van der Waals surface area (Å²) in [6.07, 6.45) is 1.13. The average molecular weight is 224 g/mol. The van der Waals surface area contributed by atoms with Crippen molar-refractivity contribution in [2.75, 3.05) is 31.3 Å². The summed E-state index contributed by atoms with van der Waals surface area (Å²) in [7, 11) is 0. The fraction of sp³-hybridized carbons (Fsp3) is 1.00. The summed E-state index contributed by atoms with van der Waals surface area (Å²) in [6, 6.07) is 0. The molecule has 0 saturated carbocycles. The standard InChI is InChI=1S/C10H22ClNS/c1-4-12(5-2)8-9-13-10(3)6-7-11/h10H,4-9H2,1-3H3. The summed E-state index contributed by atoms with van der Waals surface area (Å²) in [4.78, 5) is 2.46. The van der Waals surface area contributed by atoms with Crippen LogP contribution < -0.4 is 0 Å². The Labute approximate surface area is 92.2 Å². The van der Waals surface area contributed by atoms with Crippen LogP contribution in [0.5, 0.6) is 0 Å². The molecule has 3 heteroatoms. The first-order valence-electron chi connectivity index (χ1n) is 5.14. The number of nitrogens with zero attached hydrogens (tertiary/aromatic N) is 1. The highest BCUT2D eigenvalue weighted by atomic mass is 35.5. The quantitative estimate of drug-likeness (QED) is 0.582. The van der Waals surface area contributed by atoms with Crippen molar-refractivity contribution >= 4 is 23.4 Å². The SMILES string of the molecule is CCN(CC)CCSC(C)CCCl. The summed E-state index contributed by atoms with van der Waals surface area (Å²) >= 11 is 7.70. The van der Waals surface area contributed by atoms with E-state index in [0.717, 1.165) is 12.3 Å². The molecule has 0 bridgehead atoms. The molecule has 13 heavy (non-hydrogen) atoms. The van der Waals surface area contributed by atoms with Crippen LogP contribution in [0.15, 0.2) is 0 Å². The van der Waals surface area contributed by atoms with E-state index in [1.807, 2.05) is 11.8 Å². The molecule has 0 rings (SSSR count). The number of thioether (sulfide) groups is 1. The van der Waals surface area contributed by atoms with Gasteiger partial charge in [0.1, 0.15) is 0 Å². The fourth-order valence-corrected chi connectivity index (χ4v) is 2.67. The Morgan fingerprint density at radius 2 is 1.92 bits per heavy atom. The highest BCUT2D eigenvalue weighted by Gasteiger charge is 2.03. The smallest absolute Gasteiger partial charge is 0.0233 e. The highest BCUT2D eigenvalue weighted by molar-refractivity contribution is 7.99. The van der Waals surface area contributed by atoms with Crippen LogP contribution in [0, 0.1) is 0 Å². The lowest BCUT2D eigenvalue weighted by molar-refractivity contribution is 0.324. The van der Waals surface area contributed by atoms with Crippen molar-refractivity contribution in [1.29, 1.82) is 0 Å². The summed E-state index contributed by atoms with van der Waals surface area (Å²) in [5, 5.41) is 0.716. The van der Waals surface area contributed by atoms with Crippen molar-refractivity contribution in [2.45, 2.75) is 32.4 Å². The third-order valence-electron chi connectivity index (χ3n) is 2.22. The molecule has 0 N–H and O–H groups in total. The summed E-state index contributed by atoms with van der Waals surface area (Å²) in [5.74, 6) is 2.03. The summed E-state index contributed by atoms with van der Waals surface area (Å²) in [6.45, 7) is 10.2. The van der Waals surface area contributed by atoms with Crippen molar-refractivity contribution in [3.05, 3.63) is 0 Å². The van der Waals surface area contributed by atoms with Crippen LogP contribution >= 0.6 is 23.4 Å². The molecule has 0 heterocycles. The number of hydrogen-bond donors (Lipinski definition) is 0. The lowest BCUT2D eigenvalue weighted by Crippen LogP contribution is -2.25. The zero-order valence-corrected chi connectivity index (χ0v) is 10.6. The van der Waals surface area contributed by atoms with Crippen LogP contribution in [0.1, 0.15) is 27.2 Å². The maximum absolute atomic E-state index is 5.67. The molecule has 0 aliphatic carbocycles. The first kappa shape index (κ1) is 13.6. The minimum absolute atomic E-state index is 0.716. The second kappa shape index (κ2) is 9.17. The van der Waals surface area contributed by atoms with E-state index in [2.05, 4.69) is 25.7 Å². The van der Waals surface area contributed by atoms with Crippen LogP contribution in [0.25, 0.3) is 0 Å². The molecule has 0 saturated heterocycles. The molecule has 0 radical (unpaired) electrons. The number of alkyl halides is 1. The average Bonchev–Trinajstić information content (AvgIpc) is 2.13. The van der Waals surface area contributed by atoms with E-state index in [9.17, 15) is 0 Å². The second-order valence-corrected chi connectivity index (χ2v) is 5.11. The normalized spacial score (nSPS) is 13.6. The predicted octanol–water partition coefficient (Wildman–Crippen LogP) is 3.08. The molecule has 0 aromatic heterocycles. The summed E-state index contributed by atoms with van der Waals surface area (Å²) < 4.78 is 0. The van der Waals surface area contributed by atoms with Gasteiger partial charge in [-0.3, -0.25) is 0 Å². The van der Waals surface area contributed by atoms with Gasteiger partial charge in [0.25, 0.3) is 0 Å². The molecule has 0 aromatic carbocycles. The Morgan fingerprint density at radius 3 is 2.38 bits per heavy atom. The summed E-state index contributed by atoms with van der Waals surface area (Å²) in [5.41, 5.74) is 0. The van der Waals surface area contributed by atoms with E-state index in [4.69, 9.17) is 11.6 Å². The van der Waals surface area contributed by atoms with Crippen molar-refractivity contribution in [2.24, 2.45) is 0 Å². The van der Waals surface area contributed by atoms with Gasteiger partial charge in [-0.15, -0.1) is 11.6 Å². The largest absolute Gasteiger partial charge is 0.303 e. The number of halogens is 1. The lowest BCUT2D eigenvalue weighted by atomic mass is 10.4. The monoisotopic (exact) mass is 223 g/mol. The molecule has 0 fully saturated rings. The van der Waals surface area contributed by atoms with Crippen LogP contribution in [0.2, 0.25) is 0 Å². The zero-order valence-electron chi connectivity index (χ0n) is 9.05. The predicted molar refractivity (Wildman–Crippen MR) is 65.0 cm³/mol. The maximum atomic E-state index is 5.67. The molecule has 0 aliphatic heterocycles. The molecule has 0 aromatic rings. The molecular weight excluding hydrogens is 202 g/mol. The first-order valence-corrected chi connectivity index (χ1v) is 6.72. The van der Waals surface area contributed by atoms with Gasteiger partial charge >= 0.3 is 0 Å². The molecule has 80 valence electrons. The molecule has 1 atom stereocenters. The number of hydrogen-bond acceptors (Lipinski definition) is 2. The fourth-order valence-electron chi connectivity index (χ4n) is 1.16. The van der Waals surface area contributed by atoms with Crippen molar-refractivity contribution in [1.82, 2.24) is 4.90 Å². The van der Waals surface area contributed by atoms with E-state index < -0.39 is 0 Å². The van der Waals surface area contributed by atoms with Crippen molar-refractivity contribution in [3.8, 4) is 0 Å². The van der Waals surface area contributed by atoms with Crippen molar-refractivity contribution in [3.63, 3.8) is 0 Å². The topological polar surface area (TPSA) is 3.24 Å². The Bertz CT molecular complexity index is 107. The maximum Gasteiger partial charge on any atom is 0.0233 e. The van der Waals surface area contributed by atoms with Gasteiger partial charge in [0.2, 0.25) is 0 Å². The second-order valence-electron chi connectivity index (χ2n) is 3.19. The Morgan fingerprint density at radius 1 is 1.31 bits per heavy atom. The van der Waals surface area contributed by atoms with Gasteiger partial charge in [0.15, 0.2) is 0 Å². The van der Waals surface area contributed by atoms with E-state index in [1.54, 1.807) is 0 Å². The van der Waals surface area contributed by atoms with Crippen molar-refractivity contribution < 1.29 is 0 Å².